The number of aromatic nitrogens is 1. The first kappa shape index (κ1) is 51.3. The van der Waals surface area contributed by atoms with E-state index in [0.717, 1.165) is 69.2 Å². The SMILES string of the molecule is CCCCCC=CCC=CCCCCCCCCC1(CCCCCCCC=CCC=CCCCCC)OCC(CN(C)CCCCCC(=O)On2c(O)ccc2O)O1. The summed E-state index contributed by atoms with van der Waals surface area (Å²) in [6, 6.07) is 2.55. The first-order valence-electron chi connectivity index (χ1n) is 23.8. The zero-order chi connectivity index (χ0) is 41.8. The van der Waals surface area contributed by atoms with Crippen LogP contribution in [0.15, 0.2) is 60.7 Å². The molecule has 2 atom stereocenters. The third kappa shape index (κ3) is 26.3. The van der Waals surface area contributed by atoms with Crippen LogP contribution >= 0.6 is 0 Å². The highest BCUT2D eigenvalue weighted by Crippen LogP contribution is 2.35. The summed E-state index contributed by atoms with van der Waals surface area (Å²) in [5.74, 6) is -1.53. The van der Waals surface area contributed by atoms with Crippen molar-refractivity contribution in [2.24, 2.45) is 0 Å². The Bertz CT molecular complexity index is 1240. The molecule has 2 N–H and O–H groups in total. The lowest BCUT2D eigenvalue weighted by molar-refractivity contribution is -0.180. The normalized spacial score (nSPS) is 17.4. The van der Waals surface area contributed by atoms with Gasteiger partial charge < -0.3 is 29.4 Å². The van der Waals surface area contributed by atoms with Crippen molar-refractivity contribution < 1.29 is 29.3 Å². The molecule has 2 rings (SSSR count). The van der Waals surface area contributed by atoms with E-state index in [1.165, 1.54) is 134 Å². The molecule has 1 aromatic heterocycles. The molecule has 0 bridgehead atoms. The van der Waals surface area contributed by atoms with Gasteiger partial charge in [0.1, 0.15) is 0 Å². The summed E-state index contributed by atoms with van der Waals surface area (Å²) in [7, 11) is 2.14. The Kier molecular flexibility index (Phi) is 31.0. The van der Waals surface area contributed by atoms with E-state index in [0.29, 0.717) is 13.0 Å². The Morgan fingerprint density at radius 3 is 1.62 bits per heavy atom. The monoisotopic (exact) mass is 811 g/mol. The van der Waals surface area contributed by atoms with E-state index in [4.69, 9.17) is 14.3 Å². The van der Waals surface area contributed by atoms with Gasteiger partial charge in [0.2, 0.25) is 11.8 Å². The van der Waals surface area contributed by atoms with Gasteiger partial charge >= 0.3 is 5.97 Å². The second kappa shape index (κ2) is 35.0. The molecule has 332 valence electrons. The Balaban J connectivity index is 1.66. The van der Waals surface area contributed by atoms with Gasteiger partial charge in [-0.3, -0.25) is 0 Å². The Morgan fingerprint density at radius 1 is 0.672 bits per heavy atom. The predicted molar refractivity (Wildman–Crippen MR) is 242 cm³/mol. The fourth-order valence-electron chi connectivity index (χ4n) is 7.59. The maximum atomic E-state index is 12.1. The first-order chi connectivity index (χ1) is 28.4. The van der Waals surface area contributed by atoms with E-state index < -0.39 is 11.8 Å². The fourth-order valence-corrected chi connectivity index (χ4v) is 7.59. The summed E-state index contributed by atoms with van der Waals surface area (Å²) in [5, 5.41) is 19.3. The molecule has 2 heterocycles. The number of hydrogen-bond donors (Lipinski definition) is 2. The number of likely N-dealkylation sites (N-methyl/N-ethyl adjacent to an activating group) is 1. The maximum absolute atomic E-state index is 12.1. The summed E-state index contributed by atoms with van der Waals surface area (Å²) < 4.78 is 14.1. The van der Waals surface area contributed by atoms with Crippen LogP contribution in [0, 0.1) is 0 Å². The lowest BCUT2D eigenvalue weighted by Crippen LogP contribution is -2.35. The van der Waals surface area contributed by atoms with Gasteiger partial charge in [-0.2, -0.15) is 0 Å². The topological polar surface area (TPSA) is 93.4 Å². The summed E-state index contributed by atoms with van der Waals surface area (Å²) in [5.41, 5.74) is 0. The molecule has 2 unspecified atom stereocenters. The minimum absolute atomic E-state index is 0.0736. The molecule has 8 nitrogen and oxygen atoms in total. The van der Waals surface area contributed by atoms with Crippen LogP contribution in [0.3, 0.4) is 0 Å². The number of unbranched alkanes of at least 4 members (excludes halogenated alkanes) is 19. The Labute approximate surface area is 355 Å². The highest BCUT2D eigenvalue weighted by atomic mass is 16.7. The van der Waals surface area contributed by atoms with Crippen molar-refractivity contribution in [2.45, 2.75) is 212 Å². The van der Waals surface area contributed by atoms with E-state index in [9.17, 15) is 15.0 Å². The number of carbonyl (C=O) groups excluding carboxylic acids is 1. The van der Waals surface area contributed by atoms with Gasteiger partial charge in [0.15, 0.2) is 5.79 Å². The second-order valence-corrected chi connectivity index (χ2v) is 16.7. The number of carbonyl (C=O) groups is 1. The molecule has 8 heteroatoms. The van der Waals surface area contributed by atoms with Crippen LogP contribution in [0.4, 0.5) is 0 Å². The number of nitrogens with zero attached hydrogens (tertiary/aromatic N) is 2. The standard InChI is InChI=1S/C50H86N2O6/c1-4-6-8-10-12-14-16-18-20-22-24-26-28-30-32-36-42-50(41-35-31-29-27-25-23-21-19-17-15-13-11-9-7-5-2)56-45-46(57-50)44-51(3)43-37-33-34-38-49(55)58-52-47(53)39-40-48(52)54/h12-15,18-21,39-40,46,53-54H,4-11,16-17,22-38,41-45H2,1-3H3. The number of allylic oxidation sites excluding steroid dienone is 8. The number of aromatic hydroxyl groups is 2. The third-order valence-corrected chi connectivity index (χ3v) is 11.1. The first-order valence-corrected chi connectivity index (χ1v) is 23.8. The minimum Gasteiger partial charge on any atom is -0.492 e. The van der Waals surface area contributed by atoms with Gasteiger partial charge in [-0.15, -0.1) is 4.73 Å². The average molecular weight is 811 g/mol. The lowest BCUT2D eigenvalue weighted by atomic mass is 9.98. The molecule has 0 spiro atoms. The van der Waals surface area contributed by atoms with E-state index in [1.807, 2.05) is 0 Å². The Morgan fingerprint density at radius 2 is 1.12 bits per heavy atom. The van der Waals surface area contributed by atoms with Crippen LogP contribution in [0.1, 0.15) is 200 Å². The largest absolute Gasteiger partial charge is 0.492 e. The number of rotatable bonds is 38. The molecule has 1 saturated heterocycles. The quantitative estimate of drug-likeness (QED) is 0.0507. The second-order valence-electron chi connectivity index (χ2n) is 16.7. The molecule has 0 aliphatic carbocycles. The van der Waals surface area contributed by atoms with Crippen LogP contribution in [-0.4, -0.2) is 64.4 Å². The third-order valence-electron chi connectivity index (χ3n) is 11.1. The summed E-state index contributed by atoms with van der Waals surface area (Å²) >= 11 is 0. The van der Waals surface area contributed by atoms with Crippen molar-refractivity contribution >= 4 is 5.97 Å². The van der Waals surface area contributed by atoms with Crippen LogP contribution in [0.2, 0.25) is 0 Å². The van der Waals surface area contributed by atoms with Crippen molar-refractivity contribution in [1.29, 1.82) is 0 Å². The molecule has 1 aliphatic rings. The number of ether oxygens (including phenoxy) is 2. The Hall–Kier alpha value is -2.81. The molecule has 0 aromatic carbocycles. The highest BCUT2D eigenvalue weighted by Gasteiger charge is 2.40. The molecular weight excluding hydrogens is 725 g/mol. The molecule has 0 radical (unpaired) electrons. The minimum atomic E-state index is -0.480. The van der Waals surface area contributed by atoms with Crippen LogP contribution < -0.4 is 4.84 Å². The van der Waals surface area contributed by atoms with Gasteiger partial charge in [0, 0.05) is 37.9 Å². The summed E-state index contributed by atoms with van der Waals surface area (Å²) in [4.78, 5) is 19.5. The predicted octanol–water partition coefficient (Wildman–Crippen LogP) is 13.5. The van der Waals surface area contributed by atoms with Crippen molar-refractivity contribution in [1.82, 2.24) is 9.63 Å². The van der Waals surface area contributed by atoms with Gasteiger partial charge in [-0.1, -0.05) is 140 Å². The van der Waals surface area contributed by atoms with Crippen molar-refractivity contribution in [3.63, 3.8) is 0 Å². The van der Waals surface area contributed by atoms with Gasteiger partial charge in [0.05, 0.1) is 12.7 Å². The van der Waals surface area contributed by atoms with Crippen molar-refractivity contribution in [3.8, 4) is 11.8 Å². The van der Waals surface area contributed by atoms with Gasteiger partial charge in [-0.05, 0) is 103 Å². The van der Waals surface area contributed by atoms with Gasteiger partial charge in [0.25, 0.3) is 0 Å². The van der Waals surface area contributed by atoms with E-state index >= 15 is 0 Å². The van der Waals surface area contributed by atoms with Gasteiger partial charge in [-0.25, -0.2) is 4.79 Å². The maximum Gasteiger partial charge on any atom is 0.333 e. The highest BCUT2D eigenvalue weighted by molar-refractivity contribution is 5.69. The smallest absolute Gasteiger partial charge is 0.333 e. The number of hydrogen-bond acceptors (Lipinski definition) is 7. The molecule has 0 saturated carbocycles. The van der Waals surface area contributed by atoms with E-state index in [2.05, 4.69) is 74.4 Å². The van der Waals surface area contributed by atoms with Crippen molar-refractivity contribution in [2.75, 3.05) is 26.7 Å². The van der Waals surface area contributed by atoms with Crippen molar-refractivity contribution in [3.05, 3.63) is 60.7 Å². The lowest BCUT2D eigenvalue weighted by Gasteiger charge is -2.29. The summed E-state index contributed by atoms with van der Waals surface area (Å²) in [6.45, 7) is 6.91. The average Bonchev–Trinajstić information content (AvgIpc) is 3.76. The molecule has 1 aromatic rings. The van der Waals surface area contributed by atoms with Crippen LogP contribution in [0.5, 0.6) is 11.8 Å². The summed E-state index contributed by atoms with van der Waals surface area (Å²) in [6.07, 6.45) is 52.1. The molecular formula is C50H86N2O6. The molecule has 0 amide bonds. The van der Waals surface area contributed by atoms with E-state index in [1.54, 1.807) is 0 Å². The molecule has 58 heavy (non-hydrogen) atoms. The zero-order valence-corrected chi connectivity index (χ0v) is 37.4. The van der Waals surface area contributed by atoms with Crippen LogP contribution in [-0.2, 0) is 14.3 Å². The molecule has 1 fully saturated rings. The van der Waals surface area contributed by atoms with Crippen LogP contribution in [0.25, 0.3) is 0 Å². The van der Waals surface area contributed by atoms with E-state index in [-0.39, 0.29) is 24.3 Å². The zero-order valence-electron chi connectivity index (χ0n) is 37.4. The fraction of sp³-hybridized carbons (Fsp3) is 0.740. The molecule has 1 aliphatic heterocycles.